The molecule has 1 fully saturated rings. The van der Waals surface area contributed by atoms with Crippen molar-refractivity contribution in [2.75, 3.05) is 18.0 Å². The molecule has 3 aromatic rings. The maximum atomic E-state index is 12.6. The van der Waals surface area contributed by atoms with Gasteiger partial charge in [0.25, 0.3) is 0 Å². The van der Waals surface area contributed by atoms with Crippen LogP contribution < -0.4 is 10.2 Å². The quantitative estimate of drug-likeness (QED) is 0.613. The van der Waals surface area contributed by atoms with Crippen LogP contribution in [-0.2, 0) is 11.3 Å². The van der Waals surface area contributed by atoms with E-state index in [1.54, 1.807) is 0 Å². The number of carbonyl (C=O) groups is 2. The van der Waals surface area contributed by atoms with Crippen LogP contribution >= 0.6 is 0 Å². The van der Waals surface area contributed by atoms with Crippen LogP contribution in [0.1, 0.15) is 28.8 Å². The van der Waals surface area contributed by atoms with E-state index in [4.69, 9.17) is 0 Å². The minimum Gasteiger partial charge on any atom is -0.371 e. The normalized spacial score (nSPS) is 14.3. The van der Waals surface area contributed by atoms with Gasteiger partial charge < -0.3 is 10.2 Å². The Morgan fingerprint density at radius 1 is 0.867 bits per heavy atom. The summed E-state index contributed by atoms with van der Waals surface area (Å²) in [6.07, 6.45) is 2.54. The number of amides is 1. The van der Waals surface area contributed by atoms with E-state index in [2.05, 4.69) is 46.6 Å². The largest absolute Gasteiger partial charge is 0.371 e. The zero-order valence-corrected chi connectivity index (χ0v) is 17.0. The van der Waals surface area contributed by atoms with Crippen LogP contribution in [0.4, 0.5) is 5.69 Å². The molecule has 30 heavy (non-hydrogen) atoms. The van der Waals surface area contributed by atoms with E-state index in [9.17, 15) is 9.59 Å². The van der Waals surface area contributed by atoms with Gasteiger partial charge in [-0.25, -0.2) is 0 Å². The summed E-state index contributed by atoms with van der Waals surface area (Å²) in [6, 6.07) is 26.3. The highest BCUT2D eigenvalue weighted by atomic mass is 16.1. The van der Waals surface area contributed by atoms with Gasteiger partial charge in [0.2, 0.25) is 5.91 Å². The van der Waals surface area contributed by atoms with Crippen LogP contribution in [0.25, 0.3) is 11.1 Å². The van der Waals surface area contributed by atoms with Gasteiger partial charge in [-0.3, -0.25) is 9.59 Å². The lowest BCUT2D eigenvalue weighted by Crippen LogP contribution is -2.40. The summed E-state index contributed by atoms with van der Waals surface area (Å²) < 4.78 is 0. The average Bonchev–Trinajstić information content (AvgIpc) is 2.83. The molecule has 0 aromatic heterocycles. The van der Waals surface area contributed by atoms with Crippen LogP contribution in [-0.4, -0.2) is 25.3 Å². The maximum absolute atomic E-state index is 12.6. The number of aldehydes is 1. The number of nitrogens with one attached hydrogen (secondary N) is 1. The summed E-state index contributed by atoms with van der Waals surface area (Å²) in [5, 5.41) is 3.10. The summed E-state index contributed by atoms with van der Waals surface area (Å²) >= 11 is 0. The Morgan fingerprint density at radius 3 is 2.13 bits per heavy atom. The van der Waals surface area contributed by atoms with E-state index in [1.165, 1.54) is 11.1 Å². The predicted molar refractivity (Wildman–Crippen MR) is 120 cm³/mol. The lowest BCUT2D eigenvalue weighted by molar-refractivity contribution is -0.125. The van der Waals surface area contributed by atoms with E-state index >= 15 is 0 Å². The smallest absolute Gasteiger partial charge is 0.223 e. The molecule has 4 rings (SSSR count). The van der Waals surface area contributed by atoms with Crippen molar-refractivity contribution in [3.05, 3.63) is 90.0 Å². The van der Waals surface area contributed by atoms with E-state index in [1.807, 2.05) is 42.5 Å². The Morgan fingerprint density at radius 2 is 1.50 bits per heavy atom. The zero-order chi connectivity index (χ0) is 20.8. The van der Waals surface area contributed by atoms with Gasteiger partial charge in [-0.1, -0.05) is 54.6 Å². The van der Waals surface area contributed by atoms with Crippen LogP contribution in [0.2, 0.25) is 0 Å². The van der Waals surface area contributed by atoms with Crippen molar-refractivity contribution in [2.24, 2.45) is 5.92 Å². The minimum atomic E-state index is 0.0547. The van der Waals surface area contributed by atoms with E-state index in [-0.39, 0.29) is 11.8 Å². The van der Waals surface area contributed by atoms with E-state index in [0.717, 1.165) is 43.5 Å². The molecule has 1 N–H and O–H groups in total. The third kappa shape index (κ3) is 4.77. The maximum Gasteiger partial charge on any atom is 0.223 e. The molecule has 1 heterocycles. The topological polar surface area (TPSA) is 49.4 Å². The van der Waals surface area contributed by atoms with Crippen LogP contribution in [0.5, 0.6) is 0 Å². The number of hydrogen-bond donors (Lipinski definition) is 1. The number of benzene rings is 3. The van der Waals surface area contributed by atoms with Crippen molar-refractivity contribution in [2.45, 2.75) is 19.4 Å². The molecule has 0 atom stereocenters. The molecule has 1 aliphatic rings. The lowest BCUT2D eigenvalue weighted by atomic mass is 9.95. The van der Waals surface area contributed by atoms with Crippen LogP contribution in [0, 0.1) is 5.92 Å². The summed E-state index contributed by atoms with van der Waals surface area (Å²) in [4.78, 5) is 25.7. The van der Waals surface area contributed by atoms with Gasteiger partial charge in [-0.15, -0.1) is 0 Å². The first-order valence-electron chi connectivity index (χ1n) is 10.5. The third-order valence-corrected chi connectivity index (χ3v) is 5.79. The monoisotopic (exact) mass is 398 g/mol. The molecule has 0 saturated carbocycles. The van der Waals surface area contributed by atoms with Crippen LogP contribution in [0.15, 0.2) is 78.9 Å². The molecule has 152 valence electrons. The van der Waals surface area contributed by atoms with Crippen molar-refractivity contribution < 1.29 is 9.59 Å². The first kappa shape index (κ1) is 19.9. The van der Waals surface area contributed by atoms with Gasteiger partial charge in [-0.05, 0) is 53.8 Å². The Kier molecular flexibility index (Phi) is 6.23. The van der Waals surface area contributed by atoms with Gasteiger partial charge >= 0.3 is 0 Å². The number of piperidine rings is 1. The van der Waals surface area contributed by atoms with E-state index in [0.29, 0.717) is 12.1 Å². The lowest BCUT2D eigenvalue weighted by Gasteiger charge is -2.33. The molecule has 1 amide bonds. The SMILES string of the molecule is O=Cc1ccc(N2CCC(C(=O)NCc3ccc(-c4ccccc4)cc3)CC2)cc1. The second-order valence-electron chi connectivity index (χ2n) is 7.75. The summed E-state index contributed by atoms with van der Waals surface area (Å²) in [7, 11) is 0. The molecule has 3 aromatic carbocycles. The molecule has 0 bridgehead atoms. The van der Waals surface area contributed by atoms with Crippen molar-refractivity contribution >= 4 is 17.9 Å². The highest BCUT2D eigenvalue weighted by Gasteiger charge is 2.24. The van der Waals surface area contributed by atoms with Crippen molar-refractivity contribution in [3.8, 4) is 11.1 Å². The highest BCUT2D eigenvalue weighted by molar-refractivity contribution is 5.79. The molecule has 0 aliphatic carbocycles. The fraction of sp³-hybridized carbons (Fsp3) is 0.231. The Bertz CT molecular complexity index is 974. The van der Waals surface area contributed by atoms with Crippen molar-refractivity contribution in [1.29, 1.82) is 0 Å². The molecule has 0 unspecified atom stereocenters. The second kappa shape index (κ2) is 9.40. The molecule has 0 spiro atoms. The van der Waals surface area contributed by atoms with Crippen LogP contribution in [0.3, 0.4) is 0 Å². The Hall–Kier alpha value is -3.40. The van der Waals surface area contributed by atoms with Gasteiger partial charge in [0.15, 0.2) is 0 Å². The summed E-state index contributed by atoms with van der Waals surface area (Å²) in [5.41, 5.74) is 5.28. The summed E-state index contributed by atoms with van der Waals surface area (Å²) in [6.45, 7) is 2.26. The molecule has 0 radical (unpaired) electrons. The first-order chi connectivity index (χ1) is 14.7. The number of carbonyl (C=O) groups excluding carboxylic acids is 2. The van der Waals surface area contributed by atoms with Crippen molar-refractivity contribution in [3.63, 3.8) is 0 Å². The average molecular weight is 399 g/mol. The number of nitrogens with zero attached hydrogens (tertiary/aromatic N) is 1. The summed E-state index contributed by atoms with van der Waals surface area (Å²) in [5.74, 6) is 0.192. The minimum absolute atomic E-state index is 0.0547. The number of anilines is 1. The standard InChI is InChI=1S/C26H26N2O2/c29-19-21-8-12-25(13-9-21)28-16-14-24(15-17-28)26(30)27-18-20-6-10-23(11-7-20)22-4-2-1-3-5-22/h1-13,19,24H,14-18H2,(H,27,30). The second-order valence-corrected chi connectivity index (χ2v) is 7.75. The molecular formula is C26H26N2O2. The fourth-order valence-electron chi connectivity index (χ4n) is 3.94. The number of hydrogen-bond acceptors (Lipinski definition) is 3. The molecule has 4 nitrogen and oxygen atoms in total. The predicted octanol–water partition coefficient (Wildman–Crippen LogP) is 4.70. The molecular weight excluding hydrogens is 372 g/mol. The molecule has 4 heteroatoms. The Balaban J connectivity index is 1.26. The molecule has 1 aliphatic heterocycles. The van der Waals surface area contributed by atoms with Gasteiger partial charge in [0.05, 0.1) is 0 Å². The zero-order valence-electron chi connectivity index (χ0n) is 17.0. The van der Waals surface area contributed by atoms with Gasteiger partial charge in [0, 0.05) is 36.8 Å². The van der Waals surface area contributed by atoms with Crippen molar-refractivity contribution in [1.82, 2.24) is 5.32 Å². The van der Waals surface area contributed by atoms with Gasteiger partial charge in [0.1, 0.15) is 6.29 Å². The molecule has 1 saturated heterocycles. The Labute approximate surface area is 177 Å². The highest BCUT2D eigenvalue weighted by Crippen LogP contribution is 2.24. The first-order valence-corrected chi connectivity index (χ1v) is 10.5. The van der Waals surface area contributed by atoms with E-state index < -0.39 is 0 Å². The fourth-order valence-corrected chi connectivity index (χ4v) is 3.94. The third-order valence-electron chi connectivity index (χ3n) is 5.79. The number of rotatable bonds is 6. The van der Waals surface area contributed by atoms with Gasteiger partial charge in [-0.2, -0.15) is 0 Å².